The highest BCUT2D eigenvalue weighted by molar-refractivity contribution is 6.32. The Bertz CT molecular complexity index is 1000. The molecule has 2 aromatic heterocycles. The van der Waals surface area contributed by atoms with E-state index in [0.29, 0.717) is 53.1 Å². The second kappa shape index (κ2) is 6.99. The van der Waals surface area contributed by atoms with E-state index in [4.69, 9.17) is 16.3 Å². The Labute approximate surface area is 160 Å². The number of halogens is 1. The Morgan fingerprint density at radius 2 is 2.19 bits per heavy atom. The largest absolute Gasteiger partial charge is 0.495 e. The highest BCUT2D eigenvalue weighted by atomic mass is 35.5. The Hall–Kier alpha value is -2.94. The maximum absolute atomic E-state index is 12.5. The minimum atomic E-state index is -0.142. The molecule has 0 spiro atoms. The third kappa shape index (κ3) is 3.14. The van der Waals surface area contributed by atoms with Gasteiger partial charge in [-0.3, -0.25) is 4.79 Å². The molecule has 0 bridgehead atoms. The van der Waals surface area contributed by atoms with Gasteiger partial charge in [0.15, 0.2) is 17.0 Å². The van der Waals surface area contributed by atoms with Gasteiger partial charge in [-0.15, -0.1) is 5.10 Å². The SMILES string of the molecule is CCn1nnc2c(N3CC(C(=O)Nc4ccc(OC)c(Cl)c4)C3)ncnc21. The topological polar surface area (TPSA) is 98.1 Å². The molecule has 4 rings (SSSR count). The molecule has 140 valence electrons. The van der Waals surface area contributed by atoms with E-state index < -0.39 is 0 Å². The number of anilines is 2. The van der Waals surface area contributed by atoms with Gasteiger partial charge in [-0.2, -0.15) is 0 Å². The second-order valence-electron chi connectivity index (χ2n) is 6.22. The van der Waals surface area contributed by atoms with E-state index in [0.717, 1.165) is 0 Å². The van der Waals surface area contributed by atoms with Crippen molar-refractivity contribution < 1.29 is 9.53 Å². The van der Waals surface area contributed by atoms with Crippen molar-refractivity contribution >= 4 is 40.2 Å². The summed E-state index contributed by atoms with van der Waals surface area (Å²) in [4.78, 5) is 23.0. The Kier molecular flexibility index (Phi) is 4.53. The lowest BCUT2D eigenvalue weighted by atomic mass is 9.99. The number of nitrogens with one attached hydrogen (secondary N) is 1. The van der Waals surface area contributed by atoms with Crippen LogP contribution in [0.3, 0.4) is 0 Å². The fraction of sp³-hybridized carbons (Fsp3) is 0.353. The first-order valence-electron chi connectivity index (χ1n) is 8.54. The molecular formula is C17H18ClN7O2. The summed E-state index contributed by atoms with van der Waals surface area (Å²) >= 11 is 6.10. The van der Waals surface area contributed by atoms with E-state index in [1.165, 1.54) is 6.33 Å². The second-order valence-corrected chi connectivity index (χ2v) is 6.62. The Balaban J connectivity index is 1.43. The number of carbonyl (C=O) groups is 1. The first-order valence-corrected chi connectivity index (χ1v) is 8.92. The van der Waals surface area contributed by atoms with Gasteiger partial charge in [0.25, 0.3) is 0 Å². The molecule has 0 saturated carbocycles. The van der Waals surface area contributed by atoms with Crippen LogP contribution in [-0.2, 0) is 11.3 Å². The normalized spacial score (nSPS) is 14.3. The van der Waals surface area contributed by atoms with Gasteiger partial charge in [0.2, 0.25) is 5.91 Å². The summed E-state index contributed by atoms with van der Waals surface area (Å²) in [7, 11) is 1.55. The van der Waals surface area contributed by atoms with E-state index in [2.05, 4.69) is 25.6 Å². The van der Waals surface area contributed by atoms with Crippen molar-refractivity contribution in [3.63, 3.8) is 0 Å². The average molecular weight is 388 g/mol. The van der Waals surface area contributed by atoms with Gasteiger partial charge in [0.1, 0.15) is 12.1 Å². The number of carbonyl (C=O) groups excluding carboxylic acids is 1. The van der Waals surface area contributed by atoms with Gasteiger partial charge in [-0.05, 0) is 25.1 Å². The number of ether oxygens (including phenoxy) is 1. The zero-order valence-electron chi connectivity index (χ0n) is 14.9. The van der Waals surface area contributed by atoms with Crippen LogP contribution in [0.15, 0.2) is 24.5 Å². The van der Waals surface area contributed by atoms with E-state index in [-0.39, 0.29) is 11.8 Å². The van der Waals surface area contributed by atoms with Gasteiger partial charge in [0, 0.05) is 25.3 Å². The lowest BCUT2D eigenvalue weighted by Crippen LogP contribution is -2.52. The molecule has 0 atom stereocenters. The van der Waals surface area contributed by atoms with Gasteiger partial charge in [0.05, 0.1) is 18.1 Å². The Morgan fingerprint density at radius 1 is 1.37 bits per heavy atom. The smallest absolute Gasteiger partial charge is 0.231 e. The van der Waals surface area contributed by atoms with Crippen molar-refractivity contribution in [3.05, 3.63) is 29.5 Å². The summed E-state index contributed by atoms with van der Waals surface area (Å²) < 4.78 is 6.84. The van der Waals surface area contributed by atoms with Crippen LogP contribution >= 0.6 is 11.6 Å². The molecule has 3 heterocycles. The van der Waals surface area contributed by atoms with Crippen LogP contribution in [0.1, 0.15) is 6.92 Å². The van der Waals surface area contributed by atoms with Crippen molar-refractivity contribution in [3.8, 4) is 5.75 Å². The number of aromatic nitrogens is 5. The predicted molar refractivity (Wildman–Crippen MR) is 101 cm³/mol. The van der Waals surface area contributed by atoms with E-state index in [1.54, 1.807) is 30.0 Å². The number of nitrogens with zero attached hydrogens (tertiary/aromatic N) is 6. The molecule has 3 aromatic rings. The quantitative estimate of drug-likeness (QED) is 0.714. The van der Waals surface area contributed by atoms with Crippen LogP contribution in [0.5, 0.6) is 5.75 Å². The number of aryl methyl sites for hydroxylation is 1. The molecule has 1 fully saturated rings. The summed E-state index contributed by atoms with van der Waals surface area (Å²) in [5.41, 5.74) is 1.99. The molecule has 1 aliphatic rings. The van der Waals surface area contributed by atoms with Crippen molar-refractivity contribution in [2.24, 2.45) is 5.92 Å². The molecule has 0 aliphatic carbocycles. The van der Waals surface area contributed by atoms with Crippen LogP contribution in [0.2, 0.25) is 5.02 Å². The summed E-state index contributed by atoms with van der Waals surface area (Å²) in [5.74, 6) is 1.07. The van der Waals surface area contributed by atoms with E-state index in [1.807, 2.05) is 11.8 Å². The Morgan fingerprint density at radius 3 is 2.89 bits per heavy atom. The molecule has 0 radical (unpaired) electrons. The summed E-state index contributed by atoms with van der Waals surface area (Å²) in [6.45, 7) is 3.77. The van der Waals surface area contributed by atoms with Gasteiger partial charge in [-0.1, -0.05) is 16.8 Å². The van der Waals surface area contributed by atoms with Crippen LogP contribution in [-0.4, -0.2) is 51.1 Å². The summed E-state index contributed by atoms with van der Waals surface area (Å²) in [5, 5.41) is 11.6. The molecule has 1 aliphatic heterocycles. The number of rotatable bonds is 5. The number of fused-ring (bicyclic) bond motifs is 1. The lowest BCUT2D eigenvalue weighted by molar-refractivity contribution is -0.120. The monoisotopic (exact) mass is 387 g/mol. The fourth-order valence-corrected chi connectivity index (χ4v) is 3.29. The number of hydrogen-bond acceptors (Lipinski definition) is 7. The third-order valence-corrected chi connectivity index (χ3v) is 4.85. The molecule has 1 N–H and O–H groups in total. The summed E-state index contributed by atoms with van der Waals surface area (Å²) in [6.07, 6.45) is 1.50. The fourth-order valence-electron chi connectivity index (χ4n) is 3.03. The number of benzene rings is 1. The number of amides is 1. The minimum absolute atomic E-state index is 0.0602. The first-order chi connectivity index (χ1) is 13.1. The zero-order valence-corrected chi connectivity index (χ0v) is 15.6. The van der Waals surface area contributed by atoms with Gasteiger partial charge >= 0.3 is 0 Å². The zero-order chi connectivity index (χ0) is 19.0. The summed E-state index contributed by atoms with van der Waals surface area (Å²) in [6, 6.07) is 5.15. The molecule has 10 heteroatoms. The molecular weight excluding hydrogens is 370 g/mol. The highest BCUT2D eigenvalue weighted by Gasteiger charge is 2.35. The van der Waals surface area contributed by atoms with E-state index in [9.17, 15) is 4.79 Å². The predicted octanol–water partition coefficient (Wildman–Crippen LogP) is 1.98. The van der Waals surface area contributed by atoms with Crippen LogP contribution in [0, 0.1) is 5.92 Å². The molecule has 0 unspecified atom stereocenters. The maximum Gasteiger partial charge on any atom is 0.231 e. The van der Waals surface area contributed by atoms with Crippen molar-refractivity contribution in [1.29, 1.82) is 0 Å². The van der Waals surface area contributed by atoms with Gasteiger partial charge < -0.3 is 15.0 Å². The average Bonchev–Trinajstić information content (AvgIpc) is 3.04. The van der Waals surface area contributed by atoms with Crippen molar-refractivity contribution in [1.82, 2.24) is 25.0 Å². The third-order valence-electron chi connectivity index (χ3n) is 4.55. The molecule has 27 heavy (non-hydrogen) atoms. The first kappa shape index (κ1) is 17.5. The van der Waals surface area contributed by atoms with Crippen molar-refractivity contribution in [2.75, 3.05) is 30.4 Å². The minimum Gasteiger partial charge on any atom is -0.495 e. The van der Waals surface area contributed by atoms with Crippen LogP contribution in [0.25, 0.3) is 11.2 Å². The highest BCUT2D eigenvalue weighted by Crippen LogP contribution is 2.30. The van der Waals surface area contributed by atoms with Gasteiger partial charge in [-0.25, -0.2) is 14.6 Å². The number of methoxy groups -OCH3 is 1. The standard InChI is InChI=1S/C17H18ClN7O2/c1-3-25-16-14(22-23-25)15(19-9-20-16)24-7-10(8-24)17(26)21-11-4-5-13(27-2)12(18)6-11/h4-6,9-10H,3,7-8H2,1-2H3,(H,21,26). The van der Waals surface area contributed by atoms with Crippen molar-refractivity contribution in [2.45, 2.75) is 13.5 Å². The lowest BCUT2D eigenvalue weighted by Gasteiger charge is -2.38. The molecule has 1 amide bonds. The molecule has 1 aromatic carbocycles. The van der Waals surface area contributed by atoms with E-state index >= 15 is 0 Å². The maximum atomic E-state index is 12.5. The van der Waals surface area contributed by atoms with Crippen LogP contribution in [0.4, 0.5) is 11.5 Å². The molecule has 9 nitrogen and oxygen atoms in total. The molecule has 1 saturated heterocycles. The van der Waals surface area contributed by atoms with Crippen LogP contribution < -0.4 is 15.0 Å². The number of hydrogen-bond donors (Lipinski definition) is 1.